The van der Waals surface area contributed by atoms with Crippen molar-refractivity contribution in [3.8, 4) is 0 Å². The fraction of sp³-hybridized carbons (Fsp3) is 1.00. The number of rotatable bonds is 9. The molecule has 1 saturated carbocycles. The first-order valence-corrected chi connectivity index (χ1v) is 7.55. The average Bonchev–Trinajstić information content (AvgIpc) is 2.39. The molecule has 1 atom stereocenters. The largest absolute Gasteiger partial charge is 0.389 e. The molecule has 3 N–H and O–H groups in total. The highest BCUT2D eigenvalue weighted by Crippen LogP contribution is 2.39. The minimum Gasteiger partial charge on any atom is -0.389 e. The van der Waals surface area contributed by atoms with Crippen molar-refractivity contribution in [2.75, 3.05) is 40.0 Å². The van der Waals surface area contributed by atoms with Gasteiger partial charge in [0.05, 0.1) is 31.5 Å². The van der Waals surface area contributed by atoms with E-state index in [1.54, 1.807) is 7.11 Å². The van der Waals surface area contributed by atoms with E-state index in [-0.39, 0.29) is 0 Å². The van der Waals surface area contributed by atoms with E-state index in [0.29, 0.717) is 38.3 Å². The molecule has 20 heavy (non-hydrogen) atoms. The summed E-state index contributed by atoms with van der Waals surface area (Å²) in [6.45, 7) is 6.81. The van der Waals surface area contributed by atoms with Gasteiger partial charge < -0.3 is 25.0 Å². The normalized spacial score (nSPS) is 22.6. The quantitative estimate of drug-likeness (QED) is 0.551. The fourth-order valence-corrected chi connectivity index (χ4v) is 2.46. The zero-order valence-electron chi connectivity index (χ0n) is 13.2. The molecule has 0 amide bonds. The molecular formula is C15H31NO4. The van der Waals surface area contributed by atoms with Crippen molar-refractivity contribution in [2.45, 2.75) is 51.2 Å². The molecule has 1 fully saturated rings. The molecule has 1 rings (SSSR count). The van der Waals surface area contributed by atoms with Crippen molar-refractivity contribution < 1.29 is 19.7 Å². The van der Waals surface area contributed by atoms with E-state index in [2.05, 4.69) is 19.2 Å². The molecule has 0 spiro atoms. The van der Waals surface area contributed by atoms with Gasteiger partial charge in [0.1, 0.15) is 0 Å². The molecule has 5 nitrogen and oxygen atoms in total. The lowest BCUT2D eigenvalue weighted by Gasteiger charge is -2.40. The zero-order valence-corrected chi connectivity index (χ0v) is 13.2. The van der Waals surface area contributed by atoms with E-state index < -0.39 is 11.7 Å². The Morgan fingerprint density at radius 3 is 2.40 bits per heavy atom. The van der Waals surface area contributed by atoms with Crippen molar-refractivity contribution >= 4 is 0 Å². The van der Waals surface area contributed by atoms with Gasteiger partial charge in [0, 0.05) is 20.2 Å². The minimum absolute atomic E-state index is 0.293. The molecule has 0 aromatic rings. The van der Waals surface area contributed by atoms with Crippen LogP contribution >= 0.6 is 0 Å². The molecule has 1 unspecified atom stereocenters. The predicted molar refractivity (Wildman–Crippen MR) is 78.8 cm³/mol. The maximum absolute atomic E-state index is 10.5. The Balaban J connectivity index is 2.11. The Morgan fingerprint density at radius 2 is 1.80 bits per heavy atom. The molecule has 0 saturated heterocycles. The van der Waals surface area contributed by atoms with Crippen LogP contribution in [0.4, 0.5) is 0 Å². The molecular weight excluding hydrogens is 258 g/mol. The van der Waals surface area contributed by atoms with Crippen LogP contribution in [0.5, 0.6) is 0 Å². The summed E-state index contributed by atoms with van der Waals surface area (Å²) >= 11 is 0. The maximum Gasteiger partial charge on any atom is 0.0897 e. The first-order chi connectivity index (χ1) is 9.37. The van der Waals surface area contributed by atoms with Crippen LogP contribution in [-0.4, -0.2) is 61.9 Å². The second kappa shape index (κ2) is 8.29. The number of ether oxygens (including phenoxy) is 2. The number of hydrogen-bond donors (Lipinski definition) is 3. The summed E-state index contributed by atoms with van der Waals surface area (Å²) in [5.74, 6) is 0. The van der Waals surface area contributed by atoms with Crippen LogP contribution in [0.25, 0.3) is 0 Å². The summed E-state index contributed by atoms with van der Waals surface area (Å²) < 4.78 is 10.1. The van der Waals surface area contributed by atoms with Crippen LogP contribution in [0.3, 0.4) is 0 Å². The van der Waals surface area contributed by atoms with Crippen molar-refractivity contribution in [1.82, 2.24) is 5.32 Å². The van der Waals surface area contributed by atoms with Crippen molar-refractivity contribution in [2.24, 2.45) is 5.41 Å². The molecule has 0 aromatic carbocycles. The van der Waals surface area contributed by atoms with Crippen LogP contribution in [0.15, 0.2) is 0 Å². The second-order valence-electron chi connectivity index (χ2n) is 6.74. The van der Waals surface area contributed by atoms with Crippen molar-refractivity contribution in [3.63, 3.8) is 0 Å². The standard InChI is InChI=1S/C15H31NO4/c1-14(2)4-6-15(18,7-5-14)12-16-10-13(17)11-20-9-8-19-3/h13,16-18H,4-12H2,1-3H3. The molecule has 1 aliphatic rings. The van der Waals surface area contributed by atoms with Gasteiger partial charge in [-0.15, -0.1) is 0 Å². The average molecular weight is 289 g/mol. The van der Waals surface area contributed by atoms with Crippen LogP contribution in [0.1, 0.15) is 39.5 Å². The third kappa shape index (κ3) is 6.99. The minimum atomic E-state index is -0.619. The SMILES string of the molecule is COCCOCC(O)CNCC1(O)CCC(C)(C)CC1. The zero-order chi connectivity index (χ0) is 15.1. The van der Waals surface area contributed by atoms with E-state index in [1.807, 2.05) is 0 Å². The highest BCUT2D eigenvalue weighted by atomic mass is 16.5. The monoisotopic (exact) mass is 289 g/mol. The number of methoxy groups -OCH3 is 1. The smallest absolute Gasteiger partial charge is 0.0897 e. The van der Waals surface area contributed by atoms with Gasteiger partial charge in [-0.05, 0) is 31.1 Å². The molecule has 0 aliphatic heterocycles. The van der Waals surface area contributed by atoms with Gasteiger partial charge in [-0.2, -0.15) is 0 Å². The Bertz CT molecular complexity index is 261. The third-order valence-electron chi connectivity index (χ3n) is 4.11. The van der Waals surface area contributed by atoms with Gasteiger partial charge in [0.2, 0.25) is 0 Å². The second-order valence-corrected chi connectivity index (χ2v) is 6.74. The van der Waals surface area contributed by atoms with Crippen LogP contribution < -0.4 is 5.32 Å². The first kappa shape index (κ1) is 17.9. The molecule has 1 aliphatic carbocycles. The molecule has 0 radical (unpaired) electrons. The molecule has 0 bridgehead atoms. The van der Waals surface area contributed by atoms with Gasteiger partial charge in [-0.25, -0.2) is 0 Å². The lowest BCUT2D eigenvalue weighted by molar-refractivity contribution is -0.0288. The highest BCUT2D eigenvalue weighted by molar-refractivity contribution is 4.90. The summed E-state index contributed by atoms with van der Waals surface area (Å²) in [5.41, 5.74) is -0.271. The lowest BCUT2D eigenvalue weighted by Crippen LogP contribution is -2.47. The Labute approximate surface area is 122 Å². The molecule has 0 heterocycles. The van der Waals surface area contributed by atoms with Gasteiger partial charge in [-0.1, -0.05) is 13.8 Å². The molecule has 120 valence electrons. The fourth-order valence-electron chi connectivity index (χ4n) is 2.46. The Hall–Kier alpha value is -0.200. The number of aliphatic hydroxyl groups is 2. The number of nitrogens with one attached hydrogen (secondary N) is 1. The summed E-state index contributed by atoms with van der Waals surface area (Å²) in [6.07, 6.45) is 3.21. The van der Waals surface area contributed by atoms with Crippen molar-refractivity contribution in [1.29, 1.82) is 0 Å². The summed E-state index contributed by atoms with van der Waals surface area (Å²) in [5, 5.41) is 23.4. The van der Waals surface area contributed by atoms with Gasteiger partial charge in [0.25, 0.3) is 0 Å². The first-order valence-electron chi connectivity index (χ1n) is 7.55. The van der Waals surface area contributed by atoms with Gasteiger partial charge in [-0.3, -0.25) is 0 Å². The van der Waals surface area contributed by atoms with Crippen LogP contribution in [0, 0.1) is 5.41 Å². The summed E-state index contributed by atoms with van der Waals surface area (Å²) in [4.78, 5) is 0. The molecule has 5 heteroatoms. The topological polar surface area (TPSA) is 71.0 Å². The predicted octanol–water partition coefficient (Wildman–Crippen LogP) is 0.931. The summed E-state index contributed by atoms with van der Waals surface area (Å²) in [7, 11) is 1.62. The number of hydrogen-bond acceptors (Lipinski definition) is 5. The molecule has 0 aromatic heterocycles. The van der Waals surface area contributed by atoms with E-state index in [0.717, 1.165) is 25.7 Å². The summed E-state index contributed by atoms with van der Waals surface area (Å²) in [6, 6.07) is 0. The van der Waals surface area contributed by atoms with E-state index >= 15 is 0 Å². The van der Waals surface area contributed by atoms with Crippen LogP contribution in [0.2, 0.25) is 0 Å². The Kier molecular flexibility index (Phi) is 7.40. The van der Waals surface area contributed by atoms with E-state index in [1.165, 1.54) is 0 Å². The Morgan fingerprint density at radius 1 is 1.15 bits per heavy atom. The van der Waals surface area contributed by atoms with Crippen LogP contribution in [-0.2, 0) is 9.47 Å². The third-order valence-corrected chi connectivity index (χ3v) is 4.11. The van der Waals surface area contributed by atoms with Gasteiger partial charge in [0.15, 0.2) is 0 Å². The van der Waals surface area contributed by atoms with E-state index in [4.69, 9.17) is 9.47 Å². The van der Waals surface area contributed by atoms with Crippen molar-refractivity contribution in [3.05, 3.63) is 0 Å². The lowest BCUT2D eigenvalue weighted by atomic mass is 9.71. The highest BCUT2D eigenvalue weighted by Gasteiger charge is 2.36. The maximum atomic E-state index is 10.5. The van der Waals surface area contributed by atoms with Gasteiger partial charge >= 0.3 is 0 Å². The van der Waals surface area contributed by atoms with E-state index in [9.17, 15) is 10.2 Å². The number of aliphatic hydroxyl groups excluding tert-OH is 1.